The molecule has 6 nitrogen and oxygen atoms in total. The monoisotopic (exact) mass is 338 g/mol. The lowest BCUT2D eigenvalue weighted by atomic mass is 9.96. The van der Waals surface area contributed by atoms with E-state index >= 15 is 0 Å². The Labute approximate surface area is 149 Å². The van der Waals surface area contributed by atoms with Gasteiger partial charge in [-0.25, -0.2) is 4.99 Å². The third-order valence-electron chi connectivity index (χ3n) is 4.81. The molecule has 25 heavy (non-hydrogen) atoms. The second kappa shape index (κ2) is 7.51. The fourth-order valence-corrected chi connectivity index (χ4v) is 2.84. The third kappa shape index (κ3) is 4.07. The summed E-state index contributed by atoms with van der Waals surface area (Å²) in [5.41, 5.74) is 1.63. The topological polar surface area (TPSA) is 67.1 Å². The highest BCUT2D eigenvalue weighted by atomic mass is 15.3. The summed E-state index contributed by atoms with van der Waals surface area (Å²) in [7, 11) is 1.96. The van der Waals surface area contributed by atoms with Crippen LogP contribution in [0.2, 0.25) is 0 Å². The number of aliphatic imine (C=N–C) groups is 1. The van der Waals surface area contributed by atoms with E-state index in [0.717, 1.165) is 24.2 Å². The summed E-state index contributed by atoms with van der Waals surface area (Å²) in [6, 6.07) is 10.7. The van der Waals surface area contributed by atoms with E-state index in [-0.39, 0.29) is 5.41 Å². The second-order valence-electron chi connectivity index (χ2n) is 6.56. The van der Waals surface area contributed by atoms with E-state index in [0.29, 0.717) is 13.1 Å². The van der Waals surface area contributed by atoms with Gasteiger partial charge in [-0.05, 0) is 25.3 Å². The predicted octanol–water partition coefficient (Wildman–Crippen LogP) is 2.08. The van der Waals surface area contributed by atoms with Crippen LogP contribution in [0.4, 0.5) is 0 Å². The maximum Gasteiger partial charge on any atom is 0.191 e. The number of aromatic nitrogens is 3. The molecular weight excluding hydrogens is 312 g/mol. The number of benzene rings is 1. The van der Waals surface area contributed by atoms with Crippen molar-refractivity contribution in [3.63, 3.8) is 0 Å². The third-order valence-corrected chi connectivity index (χ3v) is 4.81. The molecule has 3 rings (SSSR count). The molecule has 1 saturated carbocycles. The molecule has 1 aromatic heterocycles. The first-order valence-electron chi connectivity index (χ1n) is 8.68. The summed E-state index contributed by atoms with van der Waals surface area (Å²) < 4.78 is 1.96. The van der Waals surface area contributed by atoms with E-state index in [1.165, 1.54) is 18.4 Å². The Morgan fingerprint density at radius 2 is 2.04 bits per heavy atom. The predicted molar refractivity (Wildman–Crippen MR) is 100 cm³/mol. The number of hydrogen-bond donors (Lipinski definition) is 2. The maximum atomic E-state index is 4.65. The van der Waals surface area contributed by atoms with Gasteiger partial charge in [0.1, 0.15) is 12.4 Å². The first kappa shape index (κ1) is 17.2. The first-order valence-corrected chi connectivity index (χ1v) is 8.68. The molecule has 0 saturated heterocycles. The Morgan fingerprint density at radius 3 is 2.64 bits per heavy atom. The van der Waals surface area contributed by atoms with Crippen LogP contribution in [0.1, 0.15) is 30.1 Å². The van der Waals surface area contributed by atoms with Crippen molar-refractivity contribution in [2.45, 2.75) is 31.7 Å². The molecular formula is C19H26N6. The first-order chi connectivity index (χ1) is 12.1. The van der Waals surface area contributed by atoms with Gasteiger partial charge in [0.05, 0.1) is 0 Å². The van der Waals surface area contributed by atoms with Crippen LogP contribution in [-0.4, -0.2) is 33.8 Å². The van der Waals surface area contributed by atoms with Crippen molar-refractivity contribution >= 4 is 5.96 Å². The van der Waals surface area contributed by atoms with E-state index in [1.807, 2.05) is 24.6 Å². The Hall–Kier alpha value is -2.63. The highest BCUT2D eigenvalue weighted by Crippen LogP contribution is 2.47. The van der Waals surface area contributed by atoms with Crippen LogP contribution in [0.25, 0.3) is 0 Å². The standard InChI is InChI=1S/C19H26N6/c1-4-12-20-18(21-13-17-24-23-15(2)25(17)3)22-14-19(10-11-19)16-8-6-5-7-9-16/h4-9H,1,10-14H2,2-3H3,(H2,20,21,22). The zero-order valence-corrected chi connectivity index (χ0v) is 15.0. The number of aryl methyl sites for hydroxylation is 1. The molecule has 0 amide bonds. The van der Waals surface area contributed by atoms with Gasteiger partial charge in [0.25, 0.3) is 0 Å². The molecule has 1 heterocycles. The van der Waals surface area contributed by atoms with E-state index in [1.54, 1.807) is 0 Å². The fraction of sp³-hybridized carbons (Fsp3) is 0.421. The smallest absolute Gasteiger partial charge is 0.191 e. The number of nitrogens with zero attached hydrogens (tertiary/aromatic N) is 4. The van der Waals surface area contributed by atoms with Crippen molar-refractivity contribution in [3.8, 4) is 0 Å². The lowest BCUT2D eigenvalue weighted by Gasteiger charge is -2.19. The minimum absolute atomic E-state index is 0.235. The summed E-state index contributed by atoms with van der Waals surface area (Å²) in [6.07, 6.45) is 4.25. The molecule has 0 radical (unpaired) electrons. The zero-order chi connectivity index (χ0) is 17.7. The Balaban J connectivity index is 1.66. The van der Waals surface area contributed by atoms with E-state index in [2.05, 4.69) is 62.7 Å². The van der Waals surface area contributed by atoms with Crippen LogP contribution in [0.15, 0.2) is 48.0 Å². The van der Waals surface area contributed by atoms with E-state index in [4.69, 9.17) is 0 Å². The van der Waals surface area contributed by atoms with E-state index < -0.39 is 0 Å². The largest absolute Gasteiger partial charge is 0.355 e. The molecule has 1 fully saturated rings. The van der Waals surface area contributed by atoms with Gasteiger partial charge in [-0.15, -0.1) is 16.8 Å². The maximum absolute atomic E-state index is 4.65. The normalized spacial score (nSPS) is 15.7. The van der Waals surface area contributed by atoms with Gasteiger partial charge in [0.2, 0.25) is 0 Å². The zero-order valence-electron chi connectivity index (χ0n) is 15.0. The van der Waals surface area contributed by atoms with Gasteiger partial charge in [-0.1, -0.05) is 36.4 Å². The molecule has 1 aromatic carbocycles. The van der Waals surface area contributed by atoms with Crippen molar-refractivity contribution in [3.05, 3.63) is 60.2 Å². The summed E-state index contributed by atoms with van der Waals surface area (Å²) in [4.78, 5) is 4.65. The Morgan fingerprint density at radius 1 is 1.28 bits per heavy atom. The van der Waals surface area contributed by atoms with Gasteiger partial charge in [0.15, 0.2) is 11.8 Å². The molecule has 0 aliphatic heterocycles. The van der Waals surface area contributed by atoms with Crippen LogP contribution in [0, 0.1) is 6.92 Å². The average molecular weight is 338 g/mol. The number of nitrogens with one attached hydrogen (secondary N) is 2. The fourth-order valence-electron chi connectivity index (χ4n) is 2.84. The quantitative estimate of drug-likeness (QED) is 0.461. The molecule has 6 heteroatoms. The van der Waals surface area contributed by atoms with Crippen LogP contribution >= 0.6 is 0 Å². The minimum atomic E-state index is 0.235. The van der Waals surface area contributed by atoms with Gasteiger partial charge in [-0.2, -0.15) is 0 Å². The molecule has 1 aliphatic rings. The summed E-state index contributed by atoms with van der Waals surface area (Å²) in [5, 5.41) is 15.0. The Kier molecular flexibility index (Phi) is 5.16. The summed E-state index contributed by atoms with van der Waals surface area (Å²) in [5.74, 6) is 2.52. The molecule has 132 valence electrons. The number of rotatable bonds is 7. The highest BCUT2D eigenvalue weighted by molar-refractivity contribution is 5.80. The average Bonchev–Trinajstić information content (AvgIpc) is 3.37. The minimum Gasteiger partial charge on any atom is -0.355 e. The van der Waals surface area contributed by atoms with Gasteiger partial charge < -0.3 is 15.2 Å². The van der Waals surface area contributed by atoms with Gasteiger partial charge >= 0.3 is 0 Å². The molecule has 2 N–H and O–H groups in total. The SMILES string of the molecule is C=CCNC(=NCc1nnc(C)n1C)NCC1(c2ccccc2)CC1. The van der Waals surface area contributed by atoms with Crippen molar-refractivity contribution < 1.29 is 0 Å². The Bertz CT molecular complexity index is 743. The van der Waals surface area contributed by atoms with Crippen LogP contribution in [-0.2, 0) is 19.0 Å². The number of hydrogen-bond acceptors (Lipinski definition) is 3. The van der Waals surface area contributed by atoms with Gasteiger partial charge in [0, 0.05) is 25.6 Å². The molecule has 1 aliphatic carbocycles. The van der Waals surface area contributed by atoms with Crippen molar-refractivity contribution in [2.75, 3.05) is 13.1 Å². The van der Waals surface area contributed by atoms with Crippen molar-refractivity contribution in [1.82, 2.24) is 25.4 Å². The van der Waals surface area contributed by atoms with E-state index in [9.17, 15) is 0 Å². The lowest BCUT2D eigenvalue weighted by molar-refractivity contribution is 0.646. The second-order valence-corrected chi connectivity index (χ2v) is 6.56. The summed E-state index contributed by atoms with van der Waals surface area (Å²) >= 11 is 0. The highest BCUT2D eigenvalue weighted by Gasteiger charge is 2.43. The van der Waals surface area contributed by atoms with Crippen LogP contribution in [0.5, 0.6) is 0 Å². The lowest BCUT2D eigenvalue weighted by Crippen LogP contribution is -2.41. The van der Waals surface area contributed by atoms with Crippen LogP contribution < -0.4 is 10.6 Å². The van der Waals surface area contributed by atoms with Crippen molar-refractivity contribution in [2.24, 2.45) is 12.0 Å². The molecule has 2 aromatic rings. The van der Waals surface area contributed by atoms with Crippen LogP contribution in [0.3, 0.4) is 0 Å². The molecule has 0 atom stereocenters. The van der Waals surface area contributed by atoms with Crippen molar-refractivity contribution in [1.29, 1.82) is 0 Å². The molecule has 0 bridgehead atoms. The number of guanidine groups is 1. The molecule has 0 spiro atoms. The molecule has 0 unspecified atom stereocenters. The van der Waals surface area contributed by atoms with Gasteiger partial charge in [-0.3, -0.25) is 0 Å². The summed E-state index contributed by atoms with van der Waals surface area (Å²) in [6.45, 7) is 7.73.